The lowest BCUT2D eigenvalue weighted by Gasteiger charge is -2.36. The molecule has 1 aliphatic rings. The van der Waals surface area contributed by atoms with Crippen LogP contribution in [0.2, 0.25) is 5.02 Å². The second-order valence-corrected chi connectivity index (χ2v) is 5.52. The summed E-state index contributed by atoms with van der Waals surface area (Å²) in [6.07, 6.45) is 2.30. The molecule has 2 atom stereocenters. The monoisotopic (exact) mass is 297 g/mol. The number of ether oxygens (including phenoxy) is 1. The Morgan fingerprint density at radius 1 is 1.55 bits per heavy atom. The molecule has 1 aromatic rings. The number of aliphatic hydroxyl groups excluding tert-OH is 1. The van der Waals surface area contributed by atoms with E-state index < -0.39 is 6.10 Å². The van der Waals surface area contributed by atoms with Gasteiger partial charge >= 0.3 is 0 Å². The maximum Gasteiger partial charge on any atom is 0.263 e. The predicted molar refractivity (Wildman–Crippen MR) is 78.0 cm³/mol. The maximum atomic E-state index is 12.4. The van der Waals surface area contributed by atoms with Crippen molar-refractivity contribution < 1.29 is 14.6 Å². The number of piperidine rings is 1. The molecule has 2 unspecified atom stereocenters. The van der Waals surface area contributed by atoms with E-state index in [1.807, 2.05) is 0 Å². The molecule has 110 valence electrons. The van der Waals surface area contributed by atoms with Crippen molar-refractivity contribution in [3.8, 4) is 5.75 Å². The number of aliphatic hydroxyl groups is 1. The molecule has 0 bridgehead atoms. The normalized spacial score (nSPS) is 20.6. The van der Waals surface area contributed by atoms with Gasteiger partial charge in [0, 0.05) is 11.6 Å². The molecule has 4 nitrogen and oxygen atoms in total. The van der Waals surface area contributed by atoms with E-state index >= 15 is 0 Å². The zero-order valence-corrected chi connectivity index (χ0v) is 12.3. The molecule has 5 heteroatoms. The van der Waals surface area contributed by atoms with E-state index in [9.17, 15) is 9.90 Å². The van der Waals surface area contributed by atoms with Crippen LogP contribution < -0.4 is 4.74 Å². The van der Waals surface area contributed by atoms with Gasteiger partial charge in [0.1, 0.15) is 5.75 Å². The SMILES string of the molecule is CC(Oc1cccc(Cl)c1)C(=O)N1CCCCC1CO. The average molecular weight is 298 g/mol. The molecule has 1 saturated heterocycles. The van der Waals surface area contributed by atoms with Gasteiger partial charge in [0.2, 0.25) is 0 Å². The average Bonchev–Trinajstić information content (AvgIpc) is 2.46. The smallest absolute Gasteiger partial charge is 0.263 e. The highest BCUT2D eigenvalue weighted by Crippen LogP contribution is 2.21. The topological polar surface area (TPSA) is 49.8 Å². The third-order valence-corrected chi connectivity index (χ3v) is 3.81. The highest BCUT2D eigenvalue weighted by Gasteiger charge is 2.30. The summed E-state index contributed by atoms with van der Waals surface area (Å²) in [7, 11) is 0. The Hall–Kier alpha value is -1.26. The van der Waals surface area contributed by atoms with Crippen LogP contribution in [0.5, 0.6) is 5.75 Å². The summed E-state index contributed by atoms with van der Waals surface area (Å²) in [5.41, 5.74) is 0. The first-order chi connectivity index (χ1) is 9.61. The number of likely N-dealkylation sites (tertiary alicyclic amines) is 1. The fraction of sp³-hybridized carbons (Fsp3) is 0.533. The first-order valence-electron chi connectivity index (χ1n) is 6.95. The number of halogens is 1. The lowest BCUT2D eigenvalue weighted by molar-refractivity contribution is -0.142. The molecule has 1 aliphatic heterocycles. The van der Waals surface area contributed by atoms with Gasteiger partial charge in [0.05, 0.1) is 12.6 Å². The Balaban J connectivity index is 2.00. The second-order valence-electron chi connectivity index (χ2n) is 5.08. The van der Waals surface area contributed by atoms with Gasteiger partial charge in [-0.2, -0.15) is 0 Å². The van der Waals surface area contributed by atoms with Gasteiger partial charge in [0.15, 0.2) is 6.10 Å². The summed E-state index contributed by atoms with van der Waals surface area (Å²) >= 11 is 5.89. The van der Waals surface area contributed by atoms with Crippen molar-refractivity contribution in [2.75, 3.05) is 13.2 Å². The molecule has 0 aromatic heterocycles. The van der Waals surface area contributed by atoms with E-state index in [0.717, 1.165) is 19.3 Å². The van der Waals surface area contributed by atoms with Crippen molar-refractivity contribution in [3.05, 3.63) is 29.3 Å². The van der Waals surface area contributed by atoms with Crippen LogP contribution in [-0.2, 0) is 4.79 Å². The van der Waals surface area contributed by atoms with Crippen LogP contribution in [0.4, 0.5) is 0 Å². The minimum Gasteiger partial charge on any atom is -0.481 e. The number of carbonyl (C=O) groups is 1. The fourth-order valence-electron chi connectivity index (χ4n) is 2.51. The Morgan fingerprint density at radius 2 is 2.35 bits per heavy atom. The van der Waals surface area contributed by atoms with Gasteiger partial charge in [0.25, 0.3) is 5.91 Å². The minimum absolute atomic E-state index is 0.00955. The van der Waals surface area contributed by atoms with Gasteiger partial charge in [-0.1, -0.05) is 17.7 Å². The second kappa shape index (κ2) is 6.95. The first-order valence-corrected chi connectivity index (χ1v) is 7.33. The van der Waals surface area contributed by atoms with E-state index in [0.29, 0.717) is 17.3 Å². The van der Waals surface area contributed by atoms with E-state index in [2.05, 4.69) is 0 Å². The highest BCUT2D eigenvalue weighted by atomic mass is 35.5. The summed E-state index contributed by atoms with van der Waals surface area (Å²) in [5, 5.41) is 9.94. The van der Waals surface area contributed by atoms with E-state index in [1.165, 1.54) is 0 Å². The molecular weight excluding hydrogens is 278 g/mol. The van der Waals surface area contributed by atoms with Gasteiger partial charge in [-0.15, -0.1) is 0 Å². The molecule has 1 fully saturated rings. The van der Waals surface area contributed by atoms with Crippen LogP contribution in [0.1, 0.15) is 26.2 Å². The van der Waals surface area contributed by atoms with Crippen LogP contribution in [0.3, 0.4) is 0 Å². The van der Waals surface area contributed by atoms with Crippen molar-refractivity contribution in [1.82, 2.24) is 4.90 Å². The van der Waals surface area contributed by atoms with Gasteiger partial charge in [-0.25, -0.2) is 0 Å². The number of amides is 1. The standard InChI is InChI=1S/C15H20ClNO3/c1-11(20-14-7-4-5-12(16)9-14)15(19)17-8-3-2-6-13(17)10-18/h4-5,7,9,11,13,18H,2-3,6,8,10H2,1H3. The molecule has 0 radical (unpaired) electrons. The van der Waals surface area contributed by atoms with Crippen LogP contribution in [0.15, 0.2) is 24.3 Å². The van der Waals surface area contributed by atoms with Gasteiger partial charge < -0.3 is 14.7 Å². The first kappa shape index (κ1) is 15.1. The summed E-state index contributed by atoms with van der Waals surface area (Å²) < 4.78 is 5.65. The zero-order chi connectivity index (χ0) is 14.5. The van der Waals surface area contributed by atoms with Gasteiger partial charge in [-0.05, 0) is 44.4 Å². The number of benzene rings is 1. The van der Waals surface area contributed by atoms with E-state index in [4.69, 9.17) is 16.3 Å². The number of hydrogen-bond donors (Lipinski definition) is 1. The van der Waals surface area contributed by atoms with Crippen LogP contribution >= 0.6 is 11.6 Å². The Bertz CT molecular complexity index is 466. The molecule has 1 heterocycles. The number of nitrogens with zero attached hydrogens (tertiary/aromatic N) is 1. The molecular formula is C15H20ClNO3. The Morgan fingerprint density at radius 3 is 3.05 bits per heavy atom. The fourth-order valence-corrected chi connectivity index (χ4v) is 2.69. The van der Waals surface area contributed by atoms with Crippen molar-refractivity contribution in [2.45, 2.75) is 38.3 Å². The summed E-state index contributed by atoms with van der Waals surface area (Å²) in [6, 6.07) is 6.92. The van der Waals surface area contributed by atoms with Crippen LogP contribution in [0, 0.1) is 0 Å². The molecule has 0 spiro atoms. The predicted octanol–water partition coefficient (Wildman–Crippen LogP) is 2.48. The summed E-state index contributed by atoms with van der Waals surface area (Å²) in [4.78, 5) is 14.1. The largest absolute Gasteiger partial charge is 0.481 e. The van der Waals surface area contributed by atoms with Crippen molar-refractivity contribution in [3.63, 3.8) is 0 Å². The Labute approximate surface area is 124 Å². The minimum atomic E-state index is -0.583. The third-order valence-electron chi connectivity index (χ3n) is 3.58. The van der Waals surface area contributed by atoms with E-state index in [1.54, 1.807) is 36.1 Å². The molecule has 0 aliphatic carbocycles. The van der Waals surface area contributed by atoms with Crippen molar-refractivity contribution in [2.24, 2.45) is 0 Å². The Kier molecular flexibility index (Phi) is 5.26. The maximum absolute atomic E-state index is 12.4. The lowest BCUT2D eigenvalue weighted by Crippen LogP contribution is -2.50. The molecule has 0 saturated carbocycles. The van der Waals surface area contributed by atoms with Crippen LogP contribution in [-0.4, -0.2) is 41.2 Å². The van der Waals surface area contributed by atoms with E-state index in [-0.39, 0.29) is 18.6 Å². The molecule has 1 amide bonds. The summed E-state index contributed by atoms with van der Waals surface area (Å²) in [5.74, 6) is 0.500. The van der Waals surface area contributed by atoms with Crippen molar-refractivity contribution in [1.29, 1.82) is 0 Å². The molecule has 1 N–H and O–H groups in total. The van der Waals surface area contributed by atoms with Gasteiger partial charge in [-0.3, -0.25) is 4.79 Å². The lowest BCUT2D eigenvalue weighted by atomic mass is 10.0. The summed E-state index contributed by atoms with van der Waals surface area (Å²) in [6.45, 7) is 2.43. The third kappa shape index (κ3) is 3.64. The van der Waals surface area contributed by atoms with Crippen LogP contribution in [0.25, 0.3) is 0 Å². The number of rotatable bonds is 4. The molecule has 2 rings (SSSR count). The van der Waals surface area contributed by atoms with Crippen molar-refractivity contribution >= 4 is 17.5 Å². The molecule has 1 aromatic carbocycles. The highest BCUT2D eigenvalue weighted by molar-refractivity contribution is 6.30. The zero-order valence-electron chi connectivity index (χ0n) is 11.6. The molecule has 20 heavy (non-hydrogen) atoms. The quantitative estimate of drug-likeness (QED) is 0.929. The number of carbonyl (C=O) groups excluding carboxylic acids is 1. The number of hydrogen-bond acceptors (Lipinski definition) is 3.